The van der Waals surface area contributed by atoms with Gasteiger partial charge in [-0.05, 0) is 31.0 Å². The van der Waals surface area contributed by atoms with Crippen molar-refractivity contribution in [3.05, 3.63) is 23.8 Å². The van der Waals surface area contributed by atoms with E-state index in [0.717, 1.165) is 24.7 Å². The van der Waals surface area contributed by atoms with E-state index in [0.29, 0.717) is 18.1 Å². The van der Waals surface area contributed by atoms with Gasteiger partial charge in [-0.15, -0.1) is 0 Å². The van der Waals surface area contributed by atoms with Crippen LogP contribution in [0.25, 0.3) is 0 Å². The summed E-state index contributed by atoms with van der Waals surface area (Å²) in [6, 6.07) is 5.13. The lowest BCUT2D eigenvalue weighted by Gasteiger charge is -2.16. The Labute approximate surface area is 121 Å². The van der Waals surface area contributed by atoms with Gasteiger partial charge in [-0.1, -0.05) is 19.4 Å². The maximum atomic E-state index is 11.2. The maximum Gasteiger partial charge on any atom is 0.209 e. The zero-order valence-corrected chi connectivity index (χ0v) is 13.3. The van der Waals surface area contributed by atoms with Crippen LogP contribution in [0, 0.1) is 0 Å². The van der Waals surface area contributed by atoms with E-state index in [-0.39, 0.29) is 6.04 Å². The van der Waals surface area contributed by atoms with Crippen molar-refractivity contribution in [3.63, 3.8) is 0 Å². The summed E-state index contributed by atoms with van der Waals surface area (Å²) in [5, 5.41) is 0. The second-order valence-corrected chi connectivity index (χ2v) is 6.50. The number of hydrogen-bond acceptors (Lipinski definition) is 4. The lowest BCUT2D eigenvalue weighted by atomic mass is 10.1. The largest absolute Gasteiger partial charge is 0.493 e. The first-order valence-corrected chi connectivity index (χ1v) is 8.54. The molecule has 114 valence electrons. The second kappa shape index (κ2) is 7.50. The summed E-state index contributed by atoms with van der Waals surface area (Å²) in [5.74, 6) is 1.29. The van der Waals surface area contributed by atoms with E-state index in [1.807, 2.05) is 12.1 Å². The number of sulfonamides is 1. The molecule has 0 spiro atoms. The van der Waals surface area contributed by atoms with Crippen LogP contribution >= 0.6 is 0 Å². The molecule has 1 aromatic rings. The molecule has 6 heteroatoms. The Morgan fingerprint density at radius 2 is 2.00 bits per heavy atom. The summed E-state index contributed by atoms with van der Waals surface area (Å²) < 4.78 is 36.0. The van der Waals surface area contributed by atoms with E-state index >= 15 is 0 Å². The topological polar surface area (TPSA) is 64.6 Å². The van der Waals surface area contributed by atoms with E-state index in [4.69, 9.17) is 9.47 Å². The minimum absolute atomic E-state index is 0.316. The molecule has 1 rings (SSSR count). The van der Waals surface area contributed by atoms with Crippen LogP contribution in [0.5, 0.6) is 11.5 Å². The van der Waals surface area contributed by atoms with Gasteiger partial charge in [-0.2, -0.15) is 0 Å². The van der Waals surface area contributed by atoms with Crippen LogP contribution in [0.3, 0.4) is 0 Å². The van der Waals surface area contributed by atoms with Crippen LogP contribution < -0.4 is 14.2 Å². The molecule has 1 aromatic carbocycles. The molecule has 0 aromatic heterocycles. The van der Waals surface area contributed by atoms with Gasteiger partial charge in [0.2, 0.25) is 10.0 Å². The summed E-state index contributed by atoms with van der Waals surface area (Å²) in [6.45, 7) is 4.53. The maximum absolute atomic E-state index is 11.2. The molecule has 0 amide bonds. The van der Waals surface area contributed by atoms with Crippen LogP contribution in [0.4, 0.5) is 0 Å². The standard InChI is InChI=1S/C14H23NO4S/c1-5-6-9-19-13-8-7-12(10-14(13)18-3)11(2)15-20(4,16)17/h7-8,10-11,15H,5-6,9H2,1-4H3/t11-/m0/s1. The first-order chi connectivity index (χ1) is 9.37. The number of unbranched alkanes of at least 4 members (excludes halogenated alkanes) is 1. The smallest absolute Gasteiger partial charge is 0.209 e. The predicted octanol–water partition coefficient (Wildman–Crippen LogP) is 2.48. The molecule has 0 radical (unpaired) electrons. The molecule has 0 aliphatic carbocycles. The van der Waals surface area contributed by atoms with Crippen LogP contribution in [-0.2, 0) is 10.0 Å². The Hall–Kier alpha value is -1.27. The molecule has 1 atom stereocenters. The van der Waals surface area contributed by atoms with Crippen molar-refractivity contribution in [3.8, 4) is 11.5 Å². The van der Waals surface area contributed by atoms with Crippen molar-refractivity contribution in [2.45, 2.75) is 32.7 Å². The molecule has 0 bridgehead atoms. The predicted molar refractivity (Wildman–Crippen MR) is 79.8 cm³/mol. The summed E-state index contributed by atoms with van der Waals surface area (Å²) in [4.78, 5) is 0. The minimum Gasteiger partial charge on any atom is -0.493 e. The highest BCUT2D eigenvalue weighted by molar-refractivity contribution is 7.88. The zero-order chi connectivity index (χ0) is 15.2. The quantitative estimate of drug-likeness (QED) is 0.749. The number of rotatable bonds is 8. The first-order valence-electron chi connectivity index (χ1n) is 6.65. The molecule has 1 N–H and O–H groups in total. The molecule has 20 heavy (non-hydrogen) atoms. The first kappa shape index (κ1) is 16.8. The van der Waals surface area contributed by atoms with Crippen LogP contribution in [0.15, 0.2) is 18.2 Å². The number of nitrogens with one attached hydrogen (secondary N) is 1. The fourth-order valence-corrected chi connectivity index (χ4v) is 2.57. The average molecular weight is 301 g/mol. The molecule has 0 saturated heterocycles. The van der Waals surface area contributed by atoms with Crippen molar-refractivity contribution in [2.75, 3.05) is 20.0 Å². The third-order valence-electron chi connectivity index (χ3n) is 2.83. The van der Waals surface area contributed by atoms with Gasteiger partial charge in [0.25, 0.3) is 0 Å². The Kier molecular flexibility index (Phi) is 6.29. The van der Waals surface area contributed by atoms with Gasteiger partial charge in [0.1, 0.15) is 0 Å². The van der Waals surface area contributed by atoms with Gasteiger partial charge in [-0.3, -0.25) is 0 Å². The molecular formula is C14H23NO4S. The van der Waals surface area contributed by atoms with E-state index in [1.54, 1.807) is 20.1 Å². The Morgan fingerprint density at radius 3 is 2.55 bits per heavy atom. The minimum atomic E-state index is -3.24. The van der Waals surface area contributed by atoms with Crippen molar-refractivity contribution >= 4 is 10.0 Å². The lowest BCUT2D eigenvalue weighted by molar-refractivity contribution is 0.288. The molecule has 0 aliphatic rings. The van der Waals surface area contributed by atoms with Crippen LogP contribution in [0.1, 0.15) is 38.3 Å². The van der Waals surface area contributed by atoms with Gasteiger partial charge >= 0.3 is 0 Å². The van der Waals surface area contributed by atoms with Gasteiger partial charge in [0.15, 0.2) is 11.5 Å². The lowest BCUT2D eigenvalue weighted by Crippen LogP contribution is -2.25. The Morgan fingerprint density at radius 1 is 1.30 bits per heavy atom. The highest BCUT2D eigenvalue weighted by atomic mass is 32.2. The number of hydrogen-bond donors (Lipinski definition) is 1. The van der Waals surface area contributed by atoms with E-state index < -0.39 is 10.0 Å². The van der Waals surface area contributed by atoms with Gasteiger partial charge in [-0.25, -0.2) is 13.1 Å². The normalized spacial score (nSPS) is 13.0. The van der Waals surface area contributed by atoms with Gasteiger partial charge in [0.05, 0.1) is 20.0 Å². The van der Waals surface area contributed by atoms with E-state index in [1.165, 1.54) is 0 Å². The molecular weight excluding hydrogens is 278 g/mol. The molecule has 0 heterocycles. The fraction of sp³-hybridized carbons (Fsp3) is 0.571. The third kappa shape index (κ3) is 5.38. The second-order valence-electron chi connectivity index (χ2n) is 4.72. The fourth-order valence-electron chi connectivity index (χ4n) is 1.79. The Bertz CT molecular complexity index is 528. The monoisotopic (exact) mass is 301 g/mol. The van der Waals surface area contributed by atoms with Crippen LogP contribution in [0.2, 0.25) is 0 Å². The Balaban J connectivity index is 2.85. The summed E-state index contributed by atoms with van der Waals surface area (Å²) in [6.07, 6.45) is 3.19. The van der Waals surface area contributed by atoms with Gasteiger partial charge < -0.3 is 9.47 Å². The molecule has 0 saturated carbocycles. The molecule has 0 fully saturated rings. The molecule has 0 aliphatic heterocycles. The number of benzene rings is 1. The van der Waals surface area contributed by atoms with Crippen molar-refractivity contribution < 1.29 is 17.9 Å². The average Bonchev–Trinajstić information content (AvgIpc) is 2.37. The van der Waals surface area contributed by atoms with Gasteiger partial charge in [0, 0.05) is 6.04 Å². The summed E-state index contributed by atoms with van der Waals surface area (Å²) >= 11 is 0. The highest BCUT2D eigenvalue weighted by Crippen LogP contribution is 2.30. The highest BCUT2D eigenvalue weighted by Gasteiger charge is 2.13. The zero-order valence-electron chi connectivity index (χ0n) is 12.5. The number of ether oxygens (including phenoxy) is 2. The molecule has 5 nitrogen and oxygen atoms in total. The van der Waals surface area contributed by atoms with E-state index in [9.17, 15) is 8.42 Å². The van der Waals surface area contributed by atoms with E-state index in [2.05, 4.69) is 11.6 Å². The molecule has 0 unspecified atom stereocenters. The number of methoxy groups -OCH3 is 1. The van der Waals surface area contributed by atoms with Crippen molar-refractivity contribution in [2.24, 2.45) is 0 Å². The summed E-state index contributed by atoms with van der Waals surface area (Å²) in [5.41, 5.74) is 0.829. The summed E-state index contributed by atoms with van der Waals surface area (Å²) in [7, 11) is -1.67. The van der Waals surface area contributed by atoms with Crippen molar-refractivity contribution in [1.82, 2.24) is 4.72 Å². The third-order valence-corrected chi connectivity index (χ3v) is 3.62. The van der Waals surface area contributed by atoms with Crippen molar-refractivity contribution in [1.29, 1.82) is 0 Å². The van der Waals surface area contributed by atoms with Crippen LogP contribution in [-0.4, -0.2) is 28.4 Å². The SMILES string of the molecule is CCCCOc1ccc([C@H](C)NS(C)(=O)=O)cc1OC.